The Morgan fingerprint density at radius 1 is 1.08 bits per heavy atom. The minimum atomic E-state index is -0.820. The van der Waals surface area contributed by atoms with Crippen LogP contribution in [0, 0.1) is 0 Å². The van der Waals surface area contributed by atoms with Gasteiger partial charge in [0.25, 0.3) is 0 Å². The van der Waals surface area contributed by atoms with Crippen LogP contribution >= 0.6 is 0 Å². The number of ether oxygens (including phenoxy) is 1. The summed E-state index contributed by atoms with van der Waals surface area (Å²) in [5.74, 6) is -0.337. The van der Waals surface area contributed by atoms with Crippen molar-refractivity contribution >= 4 is 11.9 Å². The van der Waals surface area contributed by atoms with Crippen LogP contribution in [0.4, 0.5) is 0 Å². The molecule has 2 N–H and O–H groups in total. The quantitative estimate of drug-likeness (QED) is 0.686. The highest BCUT2D eigenvalue weighted by molar-refractivity contribution is 5.83. The summed E-state index contributed by atoms with van der Waals surface area (Å²) in [6, 6.07) is 17.1. The molecule has 132 valence electrons. The fourth-order valence-electron chi connectivity index (χ4n) is 2.35. The van der Waals surface area contributed by atoms with Gasteiger partial charge in [0, 0.05) is 13.0 Å². The van der Waals surface area contributed by atoms with Crippen LogP contribution in [0.3, 0.4) is 0 Å². The number of rotatable bonds is 9. The smallest absolute Gasteiger partial charge is 0.303 e. The van der Waals surface area contributed by atoms with Crippen molar-refractivity contribution in [3.63, 3.8) is 0 Å². The summed E-state index contributed by atoms with van der Waals surface area (Å²) in [5, 5.41) is 11.5. The van der Waals surface area contributed by atoms with Crippen LogP contribution in [0.5, 0.6) is 5.75 Å². The van der Waals surface area contributed by atoms with Crippen molar-refractivity contribution in [2.24, 2.45) is 0 Å². The zero-order valence-electron chi connectivity index (χ0n) is 14.3. The van der Waals surface area contributed by atoms with Crippen LogP contribution in [0.15, 0.2) is 54.6 Å². The number of nitrogens with one attached hydrogen (secondary N) is 1. The Hall–Kier alpha value is -2.82. The van der Waals surface area contributed by atoms with Gasteiger partial charge in [0.1, 0.15) is 5.75 Å². The molecule has 0 aliphatic carbocycles. The molecule has 0 aliphatic heterocycles. The highest BCUT2D eigenvalue weighted by atomic mass is 16.5. The van der Waals surface area contributed by atoms with E-state index in [1.54, 1.807) is 0 Å². The summed E-state index contributed by atoms with van der Waals surface area (Å²) in [6.45, 7) is 2.71. The van der Waals surface area contributed by atoms with E-state index in [0.717, 1.165) is 11.1 Å². The predicted octanol–water partition coefficient (Wildman–Crippen LogP) is 3.35. The molecule has 2 aromatic rings. The molecule has 0 unspecified atom stereocenters. The zero-order chi connectivity index (χ0) is 18.1. The topological polar surface area (TPSA) is 75.6 Å². The SMILES string of the molecule is C[C@@H](C(=O)NCc1ccc(OCCCC(=O)O)cc1)c1ccccc1. The molecule has 1 atom stereocenters. The third kappa shape index (κ3) is 6.30. The molecule has 2 rings (SSSR count). The average Bonchev–Trinajstić information content (AvgIpc) is 2.64. The predicted molar refractivity (Wildman–Crippen MR) is 95.5 cm³/mol. The van der Waals surface area contributed by atoms with Crippen LogP contribution in [-0.4, -0.2) is 23.6 Å². The summed E-state index contributed by atoms with van der Waals surface area (Å²) >= 11 is 0. The molecule has 0 saturated heterocycles. The lowest BCUT2D eigenvalue weighted by atomic mass is 10.0. The Labute approximate surface area is 147 Å². The number of benzene rings is 2. The van der Waals surface area contributed by atoms with Gasteiger partial charge in [-0.2, -0.15) is 0 Å². The number of aliphatic carboxylic acids is 1. The third-order valence-electron chi connectivity index (χ3n) is 3.89. The summed E-state index contributed by atoms with van der Waals surface area (Å²) in [5.41, 5.74) is 1.97. The number of carbonyl (C=O) groups is 2. The van der Waals surface area contributed by atoms with Crippen molar-refractivity contribution in [3.8, 4) is 5.75 Å². The van der Waals surface area contributed by atoms with Gasteiger partial charge in [-0.05, 0) is 36.6 Å². The zero-order valence-corrected chi connectivity index (χ0v) is 14.3. The van der Waals surface area contributed by atoms with Gasteiger partial charge in [0.05, 0.1) is 12.5 Å². The molecule has 0 radical (unpaired) electrons. The lowest BCUT2D eigenvalue weighted by Crippen LogP contribution is -2.27. The monoisotopic (exact) mass is 341 g/mol. The average molecular weight is 341 g/mol. The van der Waals surface area contributed by atoms with Crippen molar-refractivity contribution < 1.29 is 19.4 Å². The van der Waals surface area contributed by atoms with E-state index in [9.17, 15) is 9.59 Å². The number of carbonyl (C=O) groups excluding carboxylic acids is 1. The first kappa shape index (κ1) is 18.5. The maximum absolute atomic E-state index is 12.2. The molecular formula is C20H23NO4. The second-order valence-corrected chi connectivity index (χ2v) is 5.84. The molecule has 0 aromatic heterocycles. The molecule has 25 heavy (non-hydrogen) atoms. The molecule has 0 heterocycles. The summed E-state index contributed by atoms with van der Waals surface area (Å²) in [6.07, 6.45) is 0.578. The van der Waals surface area contributed by atoms with E-state index in [4.69, 9.17) is 9.84 Å². The van der Waals surface area contributed by atoms with E-state index >= 15 is 0 Å². The van der Waals surface area contributed by atoms with Crippen LogP contribution in [-0.2, 0) is 16.1 Å². The molecule has 0 fully saturated rings. The second-order valence-electron chi connectivity index (χ2n) is 5.84. The lowest BCUT2D eigenvalue weighted by molar-refractivity contribution is -0.137. The first-order chi connectivity index (χ1) is 12.1. The van der Waals surface area contributed by atoms with E-state index in [-0.39, 0.29) is 18.2 Å². The molecule has 2 aromatic carbocycles. The van der Waals surface area contributed by atoms with Crippen LogP contribution in [0.1, 0.15) is 36.8 Å². The number of hydrogen-bond acceptors (Lipinski definition) is 3. The maximum atomic E-state index is 12.2. The summed E-state index contributed by atoms with van der Waals surface area (Å²) in [4.78, 5) is 22.7. The highest BCUT2D eigenvalue weighted by Crippen LogP contribution is 2.16. The number of amides is 1. The van der Waals surface area contributed by atoms with Crippen molar-refractivity contribution in [1.29, 1.82) is 0 Å². The highest BCUT2D eigenvalue weighted by Gasteiger charge is 2.14. The fourth-order valence-corrected chi connectivity index (χ4v) is 2.35. The van der Waals surface area contributed by atoms with E-state index in [2.05, 4.69) is 5.32 Å². The van der Waals surface area contributed by atoms with E-state index in [0.29, 0.717) is 25.3 Å². The Bertz CT molecular complexity index is 683. The van der Waals surface area contributed by atoms with Crippen molar-refractivity contribution in [2.45, 2.75) is 32.2 Å². The van der Waals surface area contributed by atoms with E-state index in [1.807, 2.05) is 61.5 Å². The Balaban J connectivity index is 1.77. The Kier molecular flexibility index (Phi) is 7.01. The minimum Gasteiger partial charge on any atom is -0.494 e. The second kappa shape index (κ2) is 9.47. The van der Waals surface area contributed by atoms with Crippen molar-refractivity contribution in [1.82, 2.24) is 5.32 Å². The van der Waals surface area contributed by atoms with Gasteiger partial charge in [-0.3, -0.25) is 9.59 Å². The lowest BCUT2D eigenvalue weighted by Gasteiger charge is -2.13. The number of carboxylic acid groups (broad SMARTS) is 1. The van der Waals surface area contributed by atoms with Crippen LogP contribution in [0.2, 0.25) is 0 Å². The van der Waals surface area contributed by atoms with E-state index in [1.165, 1.54) is 0 Å². The van der Waals surface area contributed by atoms with Gasteiger partial charge in [0.15, 0.2) is 0 Å². The molecule has 0 aliphatic rings. The Morgan fingerprint density at radius 2 is 1.76 bits per heavy atom. The molecule has 0 saturated carbocycles. The first-order valence-corrected chi connectivity index (χ1v) is 8.32. The molecule has 0 bridgehead atoms. The molecule has 5 nitrogen and oxygen atoms in total. The largest absolute Gasteiger partial charge is 0.494 e. The van der Waals surface area contributed by atoms with Crippen LogP contribution < -0.4 is 10.1 Å². The Morgan fingerprint density at radius 3 is 2.40 bits per heavy atom. The fraction of sp³-hybridized carbons (Fsp3) is 0.300. The third-order valence-corrected chi connectivity index (χ3v) is 3.89. The summed E-state index contributed by atoms with van der Waals surface area (Å²) < 4.78 is 5.48. The number of hydrogen-bond donors (Lipinski definition) is 2. The van der Waals surface area contributed by atoms with Gasteiger partial charge < -0.3 is 15.2 Å². The van der Waals surface area contributed by atoms with E-state index < -0.39 is 5.97 Å². The molecule has 0 spiro atoms. The number of carboxylic acids is 1. The van der Waals surface area contributed by atoms with Gasteiger partial charge in [-0.15, -0.1) is 0 Å². The normalized spacial score (nSPS) is 11.6. The van der Waals surface area contributed by atoms with Gasteiger partial charge in [0.2, 0.25) is 5.91 Å². The molecule has 5 heteroatoms. The molecule has 1 amide bonds. The van der Waals surface area contributed by atoms with Gasteiger partial charge in [-0.25, -0.2) is 0 Å². The standard InChI is InChI=1S/C20H23NO4/c1-15(17-6-3-2-4-7-17)20(24)21-14-16-9-11-18(12-10-16)25-13-5-8-19(22)23/h2-4,6-7,9-12,15H,5,8,13-14H2,1H3,(H,21,24)(H,22,23)/t15-/m1/s1. The maximum Gasteiger partial charge on any atom is 0.303 e. The first-order valence-electron chi connectivity index (χ1n) is 8.32. The minimum absolute atomic E-state index is 0.0137. The van der Waals surface area contributed by atoms with Gasteiger partial charge >= 0.3 is 5.97 Å². The van der Waals surface area contributed by atoms with Crippen molar-refractivity contribution in [3.05, 3.63) is 65.7 Å². The summed E-state index contributed by atoms with van der Waals surface area (Å²) in [7, 11) is 0. The van der Waals surface area contributed by atoms with Crippen molar-refractivity contribution in [2.75, 3.05) is 6.61 Å². The molecular weight excluding hydrogens is 318 g/mol. The van der Waals surface area contributed by atoms with Crippen LogP contribution in [0.25, 0.3) is 0 Å². The van der Waals surface area contributed by atoms with Gasteiger partial charge in [-0.1, -0.05) is 42.5 Å².